The van der Waals surface area contributed by atoms with Crippen LogP contribution in [0.2, 0.25) is 0 Å². The van der Waals surface area contributed by atoms with Gasteiger partial charge in [-0.1, -0.05) is 12.1 Å². The predicted molar refractivity (Wildman–Crippen MR) is 84.1 cm³/mol. The first-order chi connectivity index (χ1) is 11.0. The first-order valence-corrected chi connectivity index (χ1v) is 9.24. The lowest BCUT2D eigenvalue weighted by molar-refractivity contribution is -0.137. The zero-order valence-corrected chi connectivity index (χ0v) is 14.3. The Bertz CT molecular complexity index is 714. The standard InChI is InChI=1S/C16H20F3NO3S/c1-11(2)24(22,23)20-8-4-6-13(10-20)15(21)12-5-3-7-14(9-12)16(17,18)19/h3,5,7,9,11,13H,4,6,8,10H2,1-2H3/t13-/m1/s1. The van der Waals surface area contributed by atoms with Crippen LogP contribution < -0.4 is 0 Å². The third-order valence-corrected chi connectivity index (χ3v) is 6.43. The lowest BCUT2D eigenvalue weighted by Crippen LogP contribution is -2.45. The largest absolute Gasteiger partial charge is 0.416 e. The highest BCUT2D eigenvalue weighted by atomic mass is 32.2. The molecule has 0 N–H and O–H groups in total. The maximum absolute atomic E-state index is 12.8. The molecule has 0 amide bonds. The number of ketones is 1. The summed E-state index contributed by atoms with van der Waals surface area (Å²) in [5.74, 6) is -1.06. The van der Waals surface area contributed by atoms with Crippen molar-refractivity contribution < 1.29 is 26.4 Å². The van der Waals surface area contributed by atoms with Crippen LogP contribution in [-0.4, -0.2) is 36.8 Å². The number of carbonyl (C=O) groups excluding carboxylic acids is 1. The zero-order chi connectivity index (χ0) is 18.1. The molecule has 0 bridgehead atoms. The summed E-state index contributed by atoms with van der Waals surface area (Å²) < 4.78 is 64.1. The first-order valence-electron chi connectivity index (χ1n) is 7.74. The number of Topliss-reactive ketones (excluding diaryl/α,β-unsaturated/α-hetero) is 1. The highest BCUT2D eigenvalue weighted by Crippen LogP contribution is 2.31. The number of alkyl halides is 3. The quantitative estimate of drug-likeness (QED) is 0.771. The second kappa shape index (κ2) is 6.84. The Balaban J connectivity index is 2.21. The fraction of sp³-hybridized carbons (Fsp3) is 0.562. The van der Waals surface area contributed by atoms with Gasteiger partial charge in [-0.2, -0.15) is 13.2 Å². The topological polar surface area (TPSA) is 54.5 Å². The van der Waals surface area contributed by atoms with Gasteiger partial charge in [-0.25, -0.2) is 12.7 Å². The Hall–Kier alpha value is -1.41. The number of nitrogens with zero attached hydrogens (tertiary/aromatic N) is 1. The summed E-state index contributed by atoms with van der Waals surface area (Å²) in [4.78, 5) is 12.5. The Morgan fingerprint density at radius 1 is 1.29 bits per heavy atom. The van der Waals surface area contributed by atoms with Gasteiger partial charge < -0.3 is 0 Å². The van der Waals surface area contributed by atoms with Gasteiger partial charge >= 0.3 is 6.18 Å². The lowest BCUT2D eigenvalue weighted by Gasteiger charge is -2.32. The molecule has 0 radical (unpaired) electrons. The van der Waals surface area contributed by atoms with Crippen molar-refractivity contribution in [2.24, 2.45) is 5.92 Å². The number of piperidine rings is 1. The number of benzene rings is 1. The summed E-state index contributed by atoms with van der Waals surface area (Å²) in [7, 11) is -3.48. The van der Waals surface area contributed by atoms with Crippen LogP contribution in [0, 0.1) is 5.92 Å². The van der Waals surface area contributed by atoms with Gasteiger partial charge in [-0.15, -0.1) is 0 Å². The molecule has 0 spiro atoms. The Morgan fingerprint density at radius 2 is 1.96 bits per heavy atom. The van der Waals surface area contributed by atoms with Crippen LogP contribution in [-0.2, 0) is 16.2 Å². The second-order valence-corrected chi connectivity index (χ2v) is 8.72. The average Bonchev–Trinajstić information content (AvgIpc) is 2.53. The van der Waals surface area contributed by atoms with Crippen molar-refractivity contribution in [3.63, 3.8) is 0 Å². The van der Waals surface area contributed by atoms with Gasteiger partial charge in [0.1, 0.15) is 0 Å². The highest BCUT2D eigenvalue weighted by molar-refractivity contribution is 7.89. The van der Waals surface area contributed by atoms with Crippen LogP contribution in [0.5, 0.6) is 0 Å². The molecule has 1 saturated heterocycles. The number of hydrogen-bond acceptors (Lipinski definition) is 3. The summed E-state index contributed by atoms with van der Waals surface area (Å²) >= 11 is 0. The van der Waals surface area contributed by atoms with E-state index < -0.39 is 38.7 Å². The number of rotatable bonds is 4. The summed E-state index contributed by atoms with van der Waals surface area (Å²) in [6.07, 6.45) is -3.53. The molecule has 0 unspecified atom stereocenters. The van der Waals surface area contributed by atoms with Crippen molar-refractivity contribution in [3.8, 4) is 0 Å². The van der Waals surface area contributed by atoms with Crippen LogP contribution >= 0.6 is 0 Å². The van der Waals surface area contributed by atoms with Gasteiger partial charge in [0, 0.05) is 24.6 Å². The number of carbonyl (C=O) groups is 1. The van der Waals surface area contributed by atoms with Gasteiger partial charge in [-0.3, -0.25) is 4.79 Å². The minimum Gasteiger partial charge on any atom is -0.294 e. The van der Waals surface area contributed by atoms with Gasteiger partial charge in [0.05, 0.1) is 10.8 Å². The fourth-order valence-corrected chi connectivity index (χ4v) is 4.14. The monoisotopic (exact) mass is 363 g/mol. The molecule has 134 valence electrons. The molecule has 1 aromatic rings. The number of sulfonamides is 1. The van der Waals surface area contributed by atoms with Crippen molar-refractivity contribution in [3.05, 3.63) is 35.4 Å². The summed E-state index contributed by atoms with van der Waals surface area (Å²) in [5, 5.41) is -0.597. The molecule has 8 heteroatoms. The maximum atomic E-state index is 12.8. The van der Waals surface area contributed by atoms with E-state index in [1.807, 2.05) is 0 Å². The van der Waals surface area contributed by atoms with E-state index in [-0.39, 0.29) is 12.1 Å². The van der Waals surface area contributed by atoms with Crippen LogP contribution in [0.3, 0.4) is 0 Å². The first kappa shape index (κ1) is 18.9. The van der Waals surface area contributed by atoms with Gasteiger partial charge in [0.25, 0.3) is 0 Å². The fourth-order valence-electron chi connectivity index (χ4n) is 2.77. The van der Waals surface area contributed by atoms with Gasteiger partial charge in [0.15, 0.2) is 5.78 Å². The molecule has 0 aliphatic carbocycles. The normalized spacial score (nSPS) is 20.3. The van der Waals surface area contributed by atoms with E-state index in [0.717, 1.165) is 12.1 Å². The molecule has 1 atom stereocenters. The third-order valence-electron chi connectivity index (χ3n) is 4.18. The van der Waals surface area contributed by atoms with Crippen LogP contribution in [0.1, 0.15) is 42.6 Å². The predicted octanol–water partition coefficient (Wildman–Crippen LogP) is 3.34. The molecule has 1 aromatic carbocycles. The lowest BCUT2D eigenvalue weighted by atomic mass is 9.90. The molecule has 0 aromatic heterocycles. The smallest absolute Gasteiger partial charge is 0.294 e. The van der Waals surface area contributed by atoms with Crippen LogP contribution in [0.15, 0.2) is 24.3 Å². The molecule has 1 heterocycles. The zero-order valence-electron chi connectivity index (χ0n) is 13.5. The third kappa shape index (κ3) is 3.97. The molecule has 24 heavy (non-hydrogen) atoms. The van der Waals surface area contributed by atoms with Crippen molar-refractivity contribution in [2.45, 2.75) is 38.1 Å². The molecule has 1 aliphatic heterocycles. The Kier molecular flexibility index (Phi) is 5.39. The van der Waals surface area contributed by atoms with Crippen molar-refractivity contribution in [2.75, 3.05) is 13.1 Å². The SMILES string of the molecule is CC(C)S(=O)(=O)N1CCC[C@@H](C(=O)c2cccc(C(F)(F)F)c2)C1. The Labute approximate surface area is 139 Å². The summed E-state index contributed by atoms with van der Waals surface area (Å²) in [6.45, 7) is 3.49. The van der Waals surface area contributed by atoms with Gasteiger partial charge in [0.2, 0.25) is 10.0 Å². The second-order valence-electron chi connectivity index (χ2n) is 6.23. The van der Waals surface area contributed by atoms with E-state index in [9.17, 15) is 26.4 Å². The van der Waals surface area contributed by atoms with E-state index in [0.29, 0.717) is 19.4 Å². The minimum absolute atomic E-state index is 0.0234. The highest BCUT2D eigenvalue weighted by Gasteiger charge is 2.35. The molecule has 0 saturated carbocycles. The summed E-state index contributed by atoms with van der Waals surface area (Å²) in [5.41, 5.74) is -0.908. The van der Waals surface area contributed by atoms with Crippen molar-refractivity contribution in [1.82, 2.24) is 4.31 Å². The Morgan fingerprint density at radius 3 is 2.54 bits per heavy atom. The molecule has 2 rings (SSSR count). The van der Waals surface area contributed by atoms with E-state index in [4.69, 9.17) is 0 Å². The maximum Gasteiger partial charge on any atom is 0.416 e. The number of hydrogen-bond donors (Lipinski definition) is 0. The van der Waals surface area contributed by atoms with E-state index >= 15 is 0 Å². The summed E-state index contributed by atoms with van der Waals surface area (Å²) in [6, 6.07) is 4.28. The molecule has 4 nitrogen and oxygen atoms in total. The van der Waals surface area contributed by atoms with E-state index in [2.05, 4.69) is 0 Å². The van der Waals surface area contributed by atoms with Crippen LogP contribution in [0.4, 0.5) is 13.2 Å². The average molecular weight is 363 g/mol. The molecule has 1 aliphatic rings. The van der Waals surface area contributed by atoms with E-state index in [1.165, 1.54) is 16.4 Å². The molecular formula is C16H20F3NO3S. The van der Waals surface area contributed by atoms with Crippen molar-refractivity contribution in [1.29, 1.82) is 0 Å². The van der Waals surface area contributed by atoms with Gasteiger partial charge in [-0.05, 0) is 38.8 Å². The molecular weight excluding hydrogens is 343 g/mol. The molecule has 1 fully saturated rings. The minimum atomic E-state index is -4.52. The van der Waals surface area contributed by atoms with E-state index in [1.54, 1.807) is 13.8 Å². The van der Waals surface area contributed by atoms with Crippen LogP contribution in [0.25, 0.3) is 0 Å². The number of halogens is 3. The van der Waals surface area contributed by atoms with Crippen molar-refractivity contribution >= 4 is 15.8 Å².